The van der Waals surface area contributed by atoms with Crippen LogP contribution in [-0.4, -0.2) is 0 Å². The largest absolute Gasteiger partial charge is 0.0885 e. The molecule has 0 atom stereocenters. The van der Waals surface area contributed by atoms with Crippen molar-refractivity contribution in [1.29, 1.82) is 0 Å². The van der Waals surface area contributed by atoms with E-state index >= 15 is 0 Å². The van der Waals surface area contributed by atoms with Gasteiger partial charge < -0.3 is 0 Å². The fraction of sp³-hybridized carbons (Fsp3) is 0.417. The van der Waals surface area contributed by atoms with Crippen LogP contribution >= 0.6 is 0 Å². The number of hydrogen-bond donors (Lipinski definition) is 0. The van der Waals surface area contributed by atoms with E-state index < -0.39 is 0 Å². The van der Waals surface area contributed by atoms with Gasteiger partial charge in [0, 0.05) is 0 Å². The van der Waals surface area contributed by atoms with Crippen LogP contribution in [0.5, 0.6) is 0 Å². The lowest BCUT2D eigenvalue weighted by molar-refractivity contribution is 0.443. The molecule has 0 aliphatic heterocycles. The fourth-order valence-electron chi connectivity index (χ4n) is 3.31. The molecule has 2 aliphatic rings. The van der Waals surface area contributed by atoms with E-state index in [0.717, 1.165) is 5.92 Å². The van der Waals surface area contributed by atoms with Crippen LogP contribution in [0.25, 0.3) is 0 Å². The van der Waals surface area contributed by atoms with Crippen molar-refractivity contribution < 1.29 is 0 Å². The van der Waals surface area contributed by atoms with Crippen molar-refractivity contribution in [3.05, 3.63) is 84.4 Å². The molecular weight excluding hydrogens is 288 g/mol. The molecule has 24 heavy (non-hydrogen) atoms. The summed E-state index contributed by atoms with van der Waals surface area (Å²) in [5.41, 5.74) is 1.55. The zero-order chi connectivity index (χ0) is 16.7. The van der Waals surface area contributed by atoms with Gasteiger partial charge in [-0.25, -0.2) is 0 Å². The zero-order valence-corrected chi connectivity index (χ0v) is 14.9. The number of hydrogen-bond acceptors (Lipinski definition) is 0. The molecule has 0 N–H and O–H groups in total. The lowest BCUT2D eigenvalue weighted by atomic mass is 9.84. The Labute approximate surface area is 148 Å². The Morgan fingerprint density at radius 1 is 0.500 bits per heavy atom. The van der Waals surface area contributed by atoms with Crippen molar-refractivity contribution >= 4 is 0 Å². The molecular formula is C24H32. The summed E-state index contributed by atoms with van der Waals surface area (Å²) < 4.78 is 0. The van der Waals surface area contributed by atoms with Crippen LogP contribution in [0.3, 0.4) is 0 Å². The summed E-state index contributed by atoms with van der Waals surface area (Å²) in [4.78, 5) is 0. The van der Waals surface area contributed by atoms with E-state index in [1.165, 1.54) is 57.8 Å². The zero-order valence-electron chi connectivity index (χ0n) is 14.9. The van der Waals surface area contributed by atoms with Crippen molar-refractivity contribution in [1.82, 2.24) is 0 Å². The molecule has 0 amide bonds. The van der Waals surface area contributed by atoms with Crippen molar-refractivity contribution in [2.24, 2.45) is 0 Å². The van der Waals surface area contributed by atoms with Crippen molar-refractivity contribution in [3.8, 4) is 0 Å². The molecule has 0 bridgehead atoms. The van der Waals surface area contributed by atoms with Crippen LogP contribution in [-0.2, 0) is 0 Å². The minimum atomic E-state index is 0.861. The van der Waals surface area contributed by atoms with Crippen molar-refractivity contribution in [2.45, 2.75) is 63.7 Å². The lowest BCUT2D eigenvalue weighted by Crippen LogP contribution is -2.03. The van der Waals surface area contributed by atoms with Crippen LogP contribution in [0.15, 0.2) is 78.9 Å². The molecule has 0 spiro atoms. The van der Waals surface area contributed by atoms with Gasteiger partial charge in [-0.1, -0.05) is 98.1 Å². The first kappa shape index (κ1) is 18.5. The maximum atomic E-state index is 2.27. The van der Waals surface area contributed by atoms with E-state index in [4.69, 9.17) is 0 Å². The summed E-state index contributed by atoms with van der Waals surface area (Å²) in [6, 6.07) is 23.0. The van der Waals surface area contributed by atoms with E-state index in [9.17, 15) is 0 Å². The van der Waals surface area contributed by atoms with Crippen LogP contribution < -0.4 is 0 Å². The lowest BCUT2D eigenvalue weighted by Gasteiger charge is -2.21. The highest BCUT2D eigenvalue weighted by Crippen LogP contribution is 2.32. The summed E-state index contributed by atoms with van der Waals surface area (Å²) in [5.74, 6) is 0.861. The molecule has 0 heteroatoms. The molecule has 0 nitrogen and oxygen atoms in total. The minimum absolute atomic E-state index is 0.861. The topological polar surface area (TPSA) is 0 Å². The molecule has 1 saturated carbocycles. The van der Waals surface area contributed by atoms with Crippen LogP contribution in [0.1, 0.15) is 69.3 Å². The van der Waals surface area contributed by atoms with Crippen LogP contribution in [0, 0.1) is 0 Å². The highest BCUT2D eigenvalue weighted by atomic mass is 14.2. The molecule has 1 fully saturated rings. The van der Waals surface area contributed by atoms with Crippen molar-refractivity contribution in [3.63, 3.8) is 0 Å². The Morgan fingerprint density at radius 3 is 1.38 bits per heavy atom. The van der Waals surface area contributed by atoms with E-state index in [-0.39, 0.29) is 0 Å². The molecule has 0 unspecified atom stereocenters. The molecule has 0 aromatic heterocycles. The molecule has 2 aromatic carbocycles. The van der Waals surface area contributed by atoms with Gasteiger partial charge in [-0.15, -0.1) is 0 Å². The summed E-state index contributed by atoms with van der Waals surface area (Å²) in [5, 5.41) is 0. The second-order valence-electron chi connectivity index (χ2n) is 6.66. The molecule has 2 aliphatic carbocycles. The highest BCUT2D eigenvalue weighted by Gasteiger charge is 2.14. The third-order valence-corrected chi connectivity index (χ3v) is 4.70. The van der Waals surface area contributed by atoms with Gasteiger partial charge in [0.2, 0.25) is 0 Å². The third kappa shape index (κ3) is 8.15. The SMILES string of the molecule is C1=CCCCC1.c1ccc(C2CCCCC2)cc1.c1ccccc1. The molecule has 2 aromatic rings. The van der Waals surface area contributed by atoms with E-state index in [2.05, 4.69) is 42.5 Å². The van der Waals surface area contributed by atoms with E-state index in [1.807, 2.05) is 36.4 Å². The van der Waals surface area contributed by atoms with Crippen LogP contribution in [0.4, 0.5) is 0 Å². The Hall–Kier alpha value is -1.82. The summed E-state index contributed by atoms with van der Waals surface area (Å²) in [6.45, 7) is 0. The molecule has 128 valence electrons. The maximum Gasteiger partial charge on any atom is -0.0162 e. The smallest absolute Gasteiger partial charge is 0.0162 e. The summed E-state index contributed by atoms with van der Waals surface area (Å²) in [6.07, 6.45) is 17.1. The Balaban J connectivity index is 0.000000146. The second-order valence-corrected chi connectivity index (χ2v) is 6.66. The Kier molecular flexibility index (Phi) is 9.71. The minimum Gasteiger partial charge on any atom is -0.0885 e. The van der Waals surface area contributed by atoms with Gasteiger partial charge in [0.05, 0.1) is 0 Å². The number of benzene rings is 2. The first-order chi connectivity index (χ1) is 12.0. The fourth-order valence-corrected chi connectivity index (χ4v) is 3.31. The normalized spacial score (nSPS) is 17.0. The molecule has 4 rings (SSSR count). The van der Waals surface area contributed by atoms with Gasteiger partial charge in [-0.3, -0.25) is 0 Å². The predicted molar refractivity (Wildman–Crippen MR) is 106 cm³/mol. The Morgan fingerprint density at radius 2 is 0.958 bits per heavy atom. The quantitative estimate of drug-likeness (QED) is 0.476. The standard InChI is InChI=1S/C12H16.C6H10.C6H6/c1-3-7-11(8-4-1)12-9-5-2-6-10-12;2*1-2-4-6-5-3-1/h1,3-4,7-8,12H,2,5-6,9-10H2;1-2H,3-6H2;1-6H. The van der Waals surface area contributed by atoms with E-state index in [1.54, 1.807) is 5.56 Å². The van der Waals surface area contributed by atoms with Gasteiger partial charge in [-0.2, -0.15) is 0 Å². The second kappa shape index (κ2) is 12.6. The number of allylic oxidation sites excluding steroid dienone is 2. The highest BCUT2D eigenvalue weighted by molar-refractivity contribution is 5.19. The molecule has 0 radical (unpaired) electrons. The first-order valence-corrected chi connectivity index (χ1v) is 9.67. The maximum absolute atomic E-state index is 2.27. The van der Waals surface area contributed by atoms with Gasteiger partial charge in [0.1, 0.15) is 0 Å². The predicted octanol–water partition coefficient (Wildman–Crippen LogP) is 7.54. The van der Waals surface area contributed by atoms with Crippen molar-refractivity contribution in [2.75, 3.05) is 0 Å². The average molecular weight is 321 g/mol. The Bertz CT molecular complexity index is 486. The van der Waals surface area contributed by atoms with Gasteiger partial charge >= 0.3 is 0 Å². The average Bonchev–Trinajstić information content (AvgIpc) is 2.73. The third-order valence-electron chi connectivity index (χ3n) is 4.70. The monoisotopic (exact) mass is 320 g/mol. The van der Waals surface area contributed by atoms with Gasteiger partial charge in [-0.05, 0) is 50.0 Å². The summed E-state index contributed by atoms with van der Waals surface area (Å²) >= 11 is 0. The molecule has 0 heterocycles. The molecule has 0 saturated heterocycles. The van der Waals surface area contributed by atoms with Crippen LogP contribution in [0.2, 0.25) is 0 Å². The number of rotatable bonds is 1. The first-order valence-electron chi connectivity index (χ1n) is 9.67. The van der Waals surface area contributed by atoms with Gasteiger partial charge in [0.15, 0.2) is 0 Å². The summed E-state index contributed by atoms with van der Waals surface area (Å²) in [7, 11) is 0. The van der Waals surface area contributed by atoms with Gasteiger partial charge in [0.25, 0.3) is 0 Å². The van der Waals surface area contributed by atoms with E-state index in [0.29, 0.717) is 0 Å².